The summed E-state index contributed by atoms with van der Waals surface area (Å²) in [5.41, 5.74) is 1.67. The van der Waals surface area contributed by atoms with Crippen molar-refractivity contribution in [2.75, 3.05) is 0 Å². The number of halogens is 1. The van der Waals surface area contributed by atoms with Gasteiger partial charge in [-0.15, -0.1) is 0 Å². The van der Waals surface area contributed by atoms with E-state index in [1.165, 1.54) is 0 Å². The first-order chi connectivity index (χ1) is 9.74. The minimum absolute atomic E-state index is 0.0842. The van der Waals surface area contributed by atoms with E-state index in [4.69, 9.17) is 4.74 Å². The standard InChI is InChI=1S/C17H11BrO2/c18-13-9-10-15-14(11-13)17(19)16(20-15)8-4-7-12-5-2-1-3-6-12/h1-11H. The molecule has 2 nitrogen and oxygen atoms in total. The van der Waals surface area contributed by atoms with Gasteiger partial charge in [-0.2, -0.15) is 0 Å². The summed E-state index contributed by atoms with van der Waals surface area (Å²) in [6, 6.07) is 15.3. The monoisotopic (exact) mass is 326 g/mol. The SMILES string of the molecule is O=C1C(=CC=Cc2ccccc2)Oc2ccc(Br)cc21. The minimum atomic E-state index is -0.0842. The Morgan fingerprint density at radius 3 is 2.65 bits per heavy atom. The van der Waals surface area contributed by atoms with Gasteiger partial charge in [-0.25, -0.2) is 0 Å². The highest BCUT2D eigenvalue weighted by atomic mass is 79.9. The lowest BCUT2D eigenvalue weighted by molar-refractivity contribution is 0.101. The smallest absolute Gasteiger partial charge is 0.231 e. The summed E-state index contributed by atoms with van der Waals surface area (Å²) in [6.45, 7) is 0. The molecule has 2 aromatic carbocycles. The first-order valence-corrected chi connectivity index (χ1v) is 6.99. The molecular weight excluding hydrogens is 316 g/mol. The van der Waals surface area contributed by atoms with Crippen molar-refractivity contribution in [1.82, 2.24) is 0 Å². The summed E-state index contributed by atoms with van der Waals surface area (Å²) in [7, 11) is 0. The van der Waals surface area contributed by atoms with Crippen LogP contribution in [0.5, 0.6) is 5.75 Å². The maximum Gasteiger partial charge on any atom is 0.231 e. The second kappa shape index (κ2) is 5.47. The maximum atomic E-state index is 12.1. The third kappa shape index (κ3) is 2.58. The molecule has 3 rings (SSSR count). The number of ketones is 1. The first-order valence-electron chi connectivity index (χ1n) is 6.19. The second-order valence-electron chi connectivity index (χ2n) is 4.37. The Labute approximate surface area is 125 Å². The molecule has 2 aromatic rings. The number of carbonyl (C=O) groups is 1. The van der Waals surface area contributed by atoms with E-state index in [-0.39, 0.29) is 5.78 Å². The number of benzene rings is 2. The van der Waals surface area contributed by atoms with Crippen molar-refractivity contribution in [3.05, 3.63) is 82.0 Å². The van der Waals surface area contributed by atoms with Gasteiger partial charge in [-0.1, -0.05) is 58.4 Å². The van der Waals surface area contributed by atoms with E-state index >= 15 is 0 Å². The molecule has 1 aliphatic heterocycles. The highest BCUT2D eigenvalue weighted by molar-refractivity contribution is 9.10. The van der Waals surface area contributed by atoms with Gasteiger partial charge in [0.05, 0.1) is 5.56 Å². The van der Waals surface area contributed by atoms with Crippen molar-refractivity contribution in [1.29, 1.82) is 0 Å². The van der Waals surface area contributed by atoms with Gasteiger partial charge in [-0.3, -0.25) is 4.79 Å². The normalized spacial score (nSPS) is 15.7. The lowest BCUT2D eigenvalue weighted by atomic mass is 10.1. The van der Waals surface area contributed by atoms with Crippen LogP contribution in [0.2, 0.25) is 0 Å². The van der Waals surface area contributed by atoms with Crippen LogP contribution in [0.1, 0.15) is 15.9 Å². The molecule has 0 saturated heterocycles. The molecular formula is C17H11BrO2. The van der Waals surface area contributed by atoms with Gasteiger partial charge in [0, 0.05) is 4.47 Å². The van der Waals surface area contributed by atoms with Gasteiger partial charge in [0.15, 0.2) is 5.76 Å². The highest BCUT2D eigenvalue weighted by Gasteiger charge is 2.26. The zero-order valence-electron chi connectivity index (χ0n) is 10.5. The lowest BCUT2D eigenvalue weighted by Gasteiger charge is -1.96. The van der Waals surface area contributed by atoms with E-state index in [0.717, 1.165) is 10.0 Å². The minimum Gasteiger partial charge on any atom is -0.452 e. The molecule has 0 aromatic heterocycles. The number of ether oxygens (including phenoxy) is 1. The van der Waals surface area contributed by atoms with E-state index < -0.39 is 0 Å². The molecule has 0 fully saturated rings. The Morgan fingerprint density at radius 2 is 1.85 bits per heavy atom. The molecule has 1 heterocycles. The van der Waals surface area contributed by atoms with E-state index in [9.17, 15) is 4.79 Å². The van der Waals surface area contributed by atoms with Gasteiger partial charge >= 0.3 is 0 Å². The highest BCUT2D eigenvalue weighted by Crippen LogP contribution is 2.32. The fraction of sp³-hybridized carbons (Fsp3) is 0. The van der Waals surface area contributed by atoms with Gasteiger partial charge < -0.3 is 4.74 Å². The number of hydrogen-bond donors (Lipinski definition) is 0. The fourth-order valence-corrected chi connectivity index (χ4v) is 2.35. The quantitative estimate of drug-likeness (QED) is 0.752. The molecule has 0 unspecified atom stereocenters. The van der Waals surface area contributed by atoms with Crippen LogP contribution in [-0.2, 0) is 0 Å². The van der Waals surface area contributed by atoms with Crippen molar-refractivity contribution in [2.24, 2.45) is 0 Å². The van der Waals surface area contributed by atoms with Gasteiger partial charge in [-0.05, 0) is 29.8 Å². The van der Waals surface area contributed by atoms with Crippen molar-refractivity contribution >= 4 is 27.8 Å². The van der Waals surface area contributed by atoms with Crippen LogP contribution in [-0.4, -0.2) is 5.78 Å². The number of fused-ring (bicyclic) bond motifs is 1. The third-order valence-corrected chi connectivity index (χ3v) is 3.46. The van der Waals surface area contributed by atoms with Crippen LogP contribution >= 0.6 is 15.9 Å². The summed E-state index contributed by atoms with van der Waals surface area (Å²) in [5, 5.41) is 0. The second-order valence-corrected chi connectivity index (χ2v) is 5.29. The van der Waals surface area contributed by atoms with Gasteiger partial charge in [0.2, 0.25) is 5.78 Å². The van der Waals surface area contributed by atoms with Gasteiger partial charge in [0.1, 0.15) is 5.75 Å². The van der Waals surface area contributed by atoms with Gasteiger partial charge in [0.25, 0.3) is 0 Å². The first kappa shape index (κ1) is 12.9. The van der Waals surface area contributed by atoms with Crippen LogP contribution in [0.4, 0.5) is 0 Å². The molecule has 1 aliphatic rings. The third-order valence-electron chi connectivity index (χ3n) is 2.97. The lowest BCUT2D eigenvalue weighted by Crippen LogP contribution is -1.97. The molecule has 0 aliphatic carbocycles. The van der Waals surface area contributed by atoms with Crippen molar-refractivity contribution in [3.63, 3.8) is 0 Å². The molecule has 3 heteroatoms. The summed E-state index contributed by atoms with van der Waals surface area (Å²) < 4.78 is 6.42. The predicted octanol–water partition coefficient (Wildman–Crippen LogP) is 4.62. The topological polar surface area (TPSA) is 26.3 Å². The van der Waals surface area contributed by atoms with E-state index in [1.807, 2.05) is 48.6 Å². The van der Waals surface area contributed by atoms with Crippen LogP contribution in [0.15, 0.2) is 70.9 Å². The van der Waals surface area contributed by atoms with Crippen LogP contribution in [0, 0.1) is 0 Å². The molecule has 0 N–H and O–H groups in total. The van der Waals surface area contributed by atoms with Crippen LogP contribution < -0.4 is 4.74 Å². The largest absolute Gasteiger partial charge is 0.452 e. The summed E-state index contributed by atoms with van der Waals surface area (Å²) >= 11 is 3.35. The Kier molecular flexibility index (Phi) is 3.52. The molecule has 0 spiro atoms. The maximum absolute atomic E-state index is 12.1. The predicted molar refractivity (Wildman–Crippen MR) is 82.7 cm³/mol. The number of rotatable bonds is 2. The summed E-state index contributed by atoms with van der Waals surface area (Å²) in [5.74, 6) is 0.877. The zero-order valence-corrected chi connectivity index (χ0v) is 12.1. The molecule has 98 valence electrons. The van der Waals surface area contributed by atoms with Crippen LogP contribution in [0.3, 0.4) is 0 Å². The molecule has 0 bridgehead atoms. The Balaban J connectivity index is 1.82. The van der Waals surface area contributed by atoms with E-state index in [2.05, 4.69) is 15.9 Å². The number of carbonyl (C=O) groups excluding carboxylic acids is 1. The van der Waals surface area contributed by atoms with Crippen LogP contribution in [0.25, 0.3) is 6.08 Å². The summed E-state index contributed by atoms with van der Waals surface area (Å²) in [4.78, 5) is 12.1. The molecule has 0 atom stereocenters. The van der Waals surface area contributed by atoms with Crippen molar-refractivity contribution in [3.8, 4) is 5.75 Å². The molecule has 0 amide bonds. The van der Waals surface area contributed by atoms with E-state index in [0.29, 0.717) is 17.1 Å². The molecule has 0 radical (unpaired) electrons. The fourth-order valence-electron chi connectivity index (χ4n) is 1.99. The average molecular weight is 327 g/mol. The Bertz CT molecular complexity index is 715. The summed E-state index contributed by atoms with van der Waals surface area (Å²) in [6.07, 6.45) is 5.45. The number of Topliss-reactive ketones (excluding diaryl/α,β-unsaturated/α-hetero) is 1. The number of hydrogen-bond acceptors (Lipinski definition) is 2. The number of allylic oxidation sites excluding steroid dienone is 3. The Hall–Kier alpha value is -2.13. The average Bonchev–Trinajstić information content (AvgIpc) is 2.77. The Morgan fingerprint density at radius 1 is 1.05 bits per heavy atom. The van der Waals surface area contributed by atoms with E-state index in [1.54, 1.807) is 18.2 Å². The molecule has 0 saturated carbocycles. The molecule has 20 heavy (non-hydrogen) atoms. The van der Waals surface area contributed by atoms with Crippen molar-refractivity contribution in [2.45, 2.75) is 0 Å². The van der Waals surface area contributed by atoms with Crippen molar-refractivity contribution < 1.29 is 9.53 Å². The zero-order chi connectivity index (χ0) is 13.9.